The number of nitrogens with zero attached hydrogens (tertiary/aromatic N) is 2. The molecule has 2 aliphatic rings. The van der Waals surface area contributed by atoms with Gasteiger partial charge >= 0.3 is 0 Å². The molecule has 0 amide bonds. The van der Waals surface area contributed by atoms with E-state index in [0.29, 0.717) is 11.5 Å². The lowest BCUT2D eigenvalue weighted by Crippen LogP contribution is -2.28. The molecular weight excluding hydrogens is 222 g/mol. The maximum Gasteiger partial charge on any atom is 0.106 e. The SMILES string of the molecule is Cc1nc2c(n1C1CCC(C)(C)CC1)CCNC2. The van der Waals surface area contributed by atoms with Crippen LogP contribution in [0.15, 0.2) is 0 Å². The predicted molar refractivity (Wildman–Crippen MR) is 73.7 cm³/mol. The Labute approximate surface area is 110 Å². The Hall–Kier alpha value is -0.830. The number of aromatic nitrogens is 2. The molecule has 1 aromatic rings. The number of fused-ring (bicyclic) bond motifs is 1. The van der Waals surface area contributed by atoms with Crippen LogP contribution in [0.4, 0.5) is 0 Å². The number of imidazole rings is 1. The van der Waals surface area contributed by atoms with Gasteiger partial charge < -0.3 is 9.88 Å². The van der Waals surface area contributed by atoms with Gasteiger partial charge in [-0.25, -0.2) is 4.98 Å². The van der Waals surface area contributed by atoms with Crippen LogP contribution in [-0.2, 0) is 13.0 Å². The first-order chi connectivity index (χ1) is 8.57. The van der Waals surface area contributed by atoms with Crippen molar-refractivity contribution < 1.29 is 0 Å². The van der Waals surface area contributed by atoms with E-state index < -0.39 is 0 Å². The molecule has 0 spiro atoms. The number of hydrogen-bond donors (Lipinski definition) is 1. The summed E-state index contributed by atoms with van der Waals surface area (Å²) < 4.78 is 2.56. The van der Waals surface area contributed by atoms with E-state index >= 15 is 0 Å². The summed E-state index contributed by atoms with van der Waals surface area (Å²) in [5.41, 5.74) is 3.35. The summed E-state index contributed by atoms with van der Waals surface area (Å²) in [6, 6.07) is 0.701. The number of nitrogens with one attached hydrogen (secondary N) is 1. The number of aryl methyl sites for hydroxylation is 1. The van der Waals surface area contributed by atoms with Gasteiger partial charge in [-0.05, 0) is 38.0 Å². The molecule has 1 aromatic heterocycles. The lowest BCUT2D eigenvalue weighted by molar-refractivity contribution is 0.190. The van der Waals surface area contributed by atoms with Crippen LogP contribution < -0.4 is 5.32 Å². The zero-order chi connectivity index (χ0) is 12.8. The van der Waals surface area contributed by atoms with Crippen LogP contribution in [0, 0.1) is 12.3 Å². The van der Waals surface area contributed by atoms with Crippen LogP contribution in [0.2, 0.25) is 0 Å². The fraction of sp³-hybridized carbons (Fsp3) is 0.800. The van der Waals surface area contributed by atoms with E-state index in [2.05, 4.69) is 30.7 Å². The largest absolute Gasteiger partial charge is 0.329 e. The highest BCUT2D eigenvalue weighted by Crippen LogP contribution is 2.41. The fourth-order valence-corrected chi connectivity index (χ4v) is 3.59. The molecule has 18 heavy (non-hydrogen) atoms. The Kier molecular flexibility index (Phi) is 2.97. The van der Waals surface area contributed by atoms with Gasteiger partial charge in [0.25, 0.3) is 0 Å². The van der Waals surface area contributed by atoms with E-state index in [0.717, 1.165) is 19.5 Å². The molecule has 0 saturated heterocycles. The molecule has 0 atom stereocenters. The summed E-state index contributed by atoms with van der Waals surface area (Å²) in [4.78, 5) is 4.76. The first kappa shape index (κ1) is 12.2. The Balaban J connectivity index is 1.86. The van der Waals surface area contributed by atoms with Gasteiger partial charge in [-0.3, -0.25) is 0 Å². The summed E-state index contributed by atoms with van der Waals surface area (Å²) in [5, 5.41) is 3.42. The molecule has 3 rings (SSSR count). The second kappa shape index (κ2) is 4.37. The normalized spacial score (nSPS) is 23.9. The molecule has 2 heterocycles. The van der Waals surface area contributed by atoms with Crippen molar-refractivity contribution in [2.75, 3.05) is 6.54 Å². The van der Waals surface area contributed by atoms with E-state index in [1.54, 1.807) is 0 Å². The summed E-state index contributed by atoms with van der Waals surface area (Å²) in [5.74, 6) is 1.23. The van der Waals surface area contributed by atoms with Gasteiger partial charge in [-0.15, -0.1) is 0 Å². The minimum Gasteiger partial charge on any atom is -0.329 e. The van der Waals surface area contributed by atoms with Gasteiger partial charge in [-0.2, -0.15) is 0 Å². The quantitative estimate of drug-likeness (QED) is 0.827. The first-order valence-electron chi connectivity index (χ1n) is 7.34. The topological polar surface area (TPSA) is 29.9 Å². The molecule has 0 unspecified atom stereocenters. The van der Waals surface area contributed by atoms with Crippen molar-refractivity contribution in [2.24, 2.45) is 5.41 Å². The highest BCUT2D eigenvalue weighted by atomic mass is 15.1. The zero-order valence-electron chi connectivity index (χ0n) is 11.9. The predicted octanol–water partition coefficient (Wildman–Crippen LogP) is 2.98. The van der Waals surface area contributed by atoms with Crippen molar-refractivity contribution >= 4 is 0 Å². The third kappa shape index (κ3) is 2.09. The van der Waals surface area contributed by atoms with Crippen molar-refractivity contribution in [3.8, 4) is 0 Å². The van der Waals surface area contributed by atoms with Crippen LogP contribution in [0.25, 0.3) is 0 Å². The van der Waals surface area contributed by atoms with Gasteiger partial charge in [0, 0.05) is 31.2 Å². The standard InChI is InChI=1S/C15H25N3/c1-11-17-13-10-16-9-6-14(13)18(11)12-4-7-15(2,3)8-5-12/h12,16H,4-10H2,1-3H3. The minimum atomic E-state index is 0.548. The number of rotatable bonds is 1. The number of hydrogen-bond acceptors (Lipinski definition) is 2. The van der Waals surface area contributed by atoms with Crippen LogP contribution >= 0.6 is 0 Å². The lowest BCUT2D eigenvalue weighted by atomic mass is 9.75. The average Bonchev–Trinajstić information content (AvgIpc) is 2.66. The monoisotopic (exact) mass is 247 g/mol. The van der Waals surface area contributed by atoms with Crippen molar-refractivity contribution in [1.29, 1.82) is 0 Å². The molecule has 3 heteroatoms. The lowest BCUT2D eigenvalue weighted by Gasteiger charge is -2.36. The van der Waals surface area contributed by atoms with E-state index in [9.17, 15) is 0 Å². The van der Waals surface area contributed by atoms with Crippen molar-refractivity contribution in [3.05, 3.63) is 17.2 Å². The van der Waals surface area contributed by atoms with Crippen molar-refractivity contribution in [2.45, 2.75) is 65.5 Å². The van der Waals surface area contributed by atoms with E-state index in [-0.39, 0.29) is 0 Å². The maximum atomic E-state index is 4.76. The molecule has 1 saturated carbocycles. The molecule has 3 nitrogen and oxygen atoms in total. The molecule has 0 bridgehead atoms. The first-order valence-corrected chi connectivity index (χ1v) is 7.34. The van der Waals surface area contributed by atoms with Crippen LogP contribution in [0.1, 0.15) is 62.8 Å². The molecule has 1 aliphatic carbocycles. The Morgan fingerprint density at radius 3 is 2.72 bits per heavy atom. The van der Waals surface area contributed by atoms with Crippen molar-refractivity contribution in [1.82, 2.24) is 14.9 Å². The zero-order valence-corrected chi connectivity index (χ0v) is 11.9. The molecule has 0 radical (unpaired) electrons. The van der Waals surface area contributed by atoms with Crippen LogP contribution in [-0.4, -0.2) is 16.1 Å². The Bertz CT molecular complexity index is 435. The molecule has 1 N–H and O–H groups in total. The van der Waals surface area contributed by atoms with E-state index in [1.807, 2.05) is 0 Å². The smallest absolute Gasteiger partial charge is 0.106 e. The summed E-state index contributed by atoms with van der Waals surface area (Å²) >= 11 is 0. The minimum absolute atomic E-state index is 0.548. The summed E-state index contributed by atoms with van der Waals surface area (Å²) in [7, 11) is 0. The molecule has 1 aliphatic heterocycles. The van der Waals surface area contributed by atoms with Crippen LogP contribution in [0.5, 0.6) is 0 Å². The second-order valence-electron chi connectivity index (χ2n) is 6.74. The Morgan fingerprint density at radius 2 is 2.00 bits per heavy atom. The van der Waals surface area contributed by atoms with Crippen molar-refractivity contribution in [3.63, 3.8) is 0 Å². The van der Waals surface area contributed by atoms with Gasteiger partial charge in [0.2, 0.25) is 0 Å². The van der Waals surface area contributed by atoms with Gasteiger partial charge in [0.15, 0.2) is 0 Å². The molecule has 1 fully saturated rings. The fourth-order valence-electron chi connectivity index (χ4n) is 3.59. The van der Waals surface area contributed by atoms with E-state index in [1.165, 1.54) is 42.9 Å². The molecule has 100 valence electrons. The molecule has 0 aromatic carbocycles. The highest BCUT2D eigenvalue weighted by Gasteiger charge is 2.30. The third-order valence-electron chi connectivity index (χ3n) is 4.77. The molecular formula is C15H25N3. The maximum absolute atomic E-state index is 4.76. The van der Waals surface area contributed by atoms with Gasteiger partial charge in [0.1, 0.15) is 5.82 Å². The van der Waals surface area contributed by atoms with Crippen LogP contribution in [0.3, 0.4) is 0 Å². The highest BCUT2D eigenvalue weighted by molar-refractivity contribution is 5.21. The van der Waals surface area contributed by atoms with Gasteiger partial charge in [0.05, 0.1) is 5.69 Å². The average molecular weight is 247 g/mol. The summed E-state index contributed by atoms with van der Waals surface area (Å²) in [6.45, 7) is 9.06. The third-order valence-corrected chi connectivity index (χ3v) is 4.77. The van der Waals surface area contributed by atoms with Gasteiger partial charge in [-0.1, -0.05) is 13.8 Å². The summed E-state index contributed by atoms with van der Waals surface area (Å²) in [6.07, 6.45) is 6.49. The van der Waals surface area contributed by atoms with E-state index in [4.69, 9.17) is 4.98 Å². The second-order valence-corrected chi connectivity index (χ2v) is 6.74. The Morgan fingerprint density at radius 1 is 1.28 bits per heavy atom.